The van der Waals surface area contributed by atoms with Gasteiger partial charge in [0.05, 0.1) is 17.2 Å². The molecule has 7 heteroatoms. The van der Waals surface area contributed by atoms with Gasteiger partial charge in [-0.2, -0.15) is 0 Å². The summed E-state index contributed by atoms with van der Waals surface area (Å²) in [5.41, 5.74) is 3.63. The summed E-state index contributed by atoms with van der Waals surface area (Å²) in [6.07, 6.45) is 7.93. The minimum atomic E-state index is -0.170. The highest BCUT2D eigenvalue weighted by molar-refractivity contribution is 6.00. The zero-order chi connectivity index (χ0) is 20.4. The van der Waals surface area contributed by atoms with Gasteiger partial charge in [-0.25, -0.2) is 4.98 Å². The first-order chi connectivity index (χ1) is 14.6. The van der Waals surface area contributed by atoms with Crippen molar-refractivity contribution in [2.45, 2.75) is 63.5 Å². The Morgan fingerprint density at radius 1 is 1.07 bits per heavy atom. The summed E-state index contributed by atoms with van der Waals surface area (Å²) in [7, 11) is 0. The van der Waals surface area contributed by atoms with Crippen LogP contribution < -0.4 is 5.56 Å². The number of hydrogen-bond donors (Lipinski definition) is 1. The fraction of sp³-hybridized carbons (Fsp3) is 0.522. The number of carbonyl (C=O) groups is 1. The standard InChI is InChI=1S/C23H26N4O3/c1-13-10-19-18(11-17(13)23(29)26-15-2-3-16(26)5-4-15)25-22(28)20-12-24-21(27(19)20)14-6-8-30-9-7-14/h10-12,14-16H,2-9H2,1H3,(H,25,28)/t15-,16+. The van der Waals surface area contributed by atoms with E-state index in [9.17, 15) is 9.59 Å². The molecule has 0 saturated carbocycles. The summed E-state index contributed by atoms with van der Waals surface area (Å²) in [5.74, 6) is 1.30. The fourth-order valence-electron chi connectivity index (χ4n) is 5.80. The van der Waals surface area contributed by atoms with Crippen molar-refractivity contribution < 1.29 is 9.53 Å². The van der Waals surface area contributed by atoms with E-state index in [2.05, 4.69) is 14.9 Å². The van der Waals surface area contributed by atoms with E-state index in [1.54, 1.807) is 6.20 Å². The Labute approximate surface area is 174 Å². The monoisotopic (exact) mass is 406 g/mol. The molecule has 2 aromatic heterocycles. The number of ether oxygens (including phenoxy) is 1. The van der Waals surface area contributed by atoms with Gasteiger partial charge in [-0.05, 0) is 63.1 Å². The Hall–Kier alpha value is -2.67. The molecule has 1 amide bonds. The number of fused-ring (bicyclic) bond motifs is 5. The molecule has 1 aromatic carbocycles. The van der Waals surface area contributed by atoms with E-state index in [1.165, 1.54) is 0 Å². The number of aryl methyl sites for hydroxylation is 1. The predicted molar refractivity (Wildman–Crippen MR) is 113 cm³/mol. The SMILES string of the molecule is Cc1cc2c(cc1C(=O)N1[C@H]3CC[C@@H]1CC3)[nH]c(=O)c1cnc(C3CCOCC3)n12. The van der Waals surface area contributed by atoms with Crippen LogP contribution >= 0.6 is 0 Å². The fourth-order valence-corrected chi connectivity index (χ4v) is 5.80. The van der Waals surface area contributed by atoms with E-state index in [4.69, 9.17) is 4.74 Å². The van der Waals surface area contributed by atoms with E-state index in [-0.39, 0.29) is 17.4 Å². The predicted octanol–water partition coefficient (Wildman–Crippen LogP) is 3.15. The molecule has 3 saturated heterocycles. The van der Waals surface area contributed by atoms with Gasteiger partial charge in [0.1, 0.15) is 11.3 Å². The van der Waals surface area contributed by atoms with Crippen LogP contribution in [0.25, 0.3) is 16.6 Å². The highest BCUT2D eigenvalue weighted by atomic mass is 16.5. The van der Waals surface area contributed by atoms with Crippen LogP contribution in [0.1, 0.15) is 66.2 Å². The maximum atomic E-state index is 13.4. The molecule has 5 heterocycles. The molecular weight excluding hydrogens is 380 g/mol. The van der Waals surface area contributed by atoms with Crippen molar-refractivity contribution in [2.24, 2.45) is 0 Å². The highest BCUT2D eigenvalue weighted by Gasteiger charge is 2.42. The Bertz CT molecular complexity index is 1200. The molecule has 3 fully saturated rings. The summed E-state index contributed by atoms with van der Waals surface area (Å²) in [4.78, 5) is 35.9. The number of aromatic amines is 1. The lowest BCUT2D eigenvalue weighted by Gasteiger charge is -2.24. The molecule has 6 rings (SSSR count). The third kappa shape index (κ3) is 2.57. The van der Waals surface area contributed by atoms with E-state index in [0.29, 0.717) is 28.7 Å². The highest BCUT2D eigenvalue weighted by Crippen LogP contribution is 2.39. The summed E-state index contributed by atoms with van der Waals surface area (Å²) in [6, 6.07) is 4.67. The molecule has 0 atom stereocenters. The number of benzene rings is 1. The van der Waals surface area contributed by atoms with Crippen molar-refractivity contribution >= 4 is 22.5 Å². The molecule has 0 unspecified atom stereocenters. The molecule has 0 spiro atoms. The summed E-state index contributed by atoms with van der Waals surface area (Å²) >= 11 is 0. The molecule has 0 radical (unpaired) electrons. The molecule has 156 valence electrons. The lowest BCUT2D eigenvalue weighted by molar-refractivity contribution is 0.0729. The van der Waals surface area contributed by atoms with Crippen LogP contribution in [0.4, 0.5) is 0 Å². The second-order valence-electron chi connectivity index (χ2n) is 9.04. The third-order valence-electron chi connectivity index (χ3n) is 7.36. The van der Waals surface area contributed by atoms with Crippen molar-refractivity contribution in [1.29, 1.82) is 0 Å². The number of imidazole rings is 1. The van der Waals surface area contributed by atoms with E-state index in [1.807, 2.05) is 23.5 Å². The molecule has 7 nitrogen and oxygen atoms in total. The quantitative estimate of drug-likeness (QED) is 0.709. The number of aromatic nitrogens is 3. The Morgan fingerprint density at radius 2 is 1.77 bits per heavy atom. The average Bonchev–Trinajstić information content (AvgIpc) is 3.49. The van der Waals surface area contributed by atoms with Gasteiger partial charge in [0.15, 0.2) is 0 Å². The van der Waals surface area contributed by atoms with Crippen LogP contribution in [0.3, 0.4) is 0 Å². The van der Waals surface area contributed by atoms with Crippen LogP contribution in [0.15, 0.2) is 23.1 Å². The molecule has 0 aliphatic carbocycles. The van der Waals surface area contributed by atoms with Crippen LogP contribution in [0.2, 0.25) is 0 Å². The summed E-state index contributed by atoms with van der Waals surface area (Å²) < 4.78 is 7.50. The number of nitrogens with one attached hydrogen (secondary N) is 1. The second-order valence-corrected chi connectivity index (χ2v) is 9.04. The van der Waals surface area contributed by atoms with Crippen LogP contribution in [0, 0.1) is 6.92 Å². The molecule has 3 aliphatic rings. The number of nitrogens with zero attached hydrogens (tertiary/aromatic N) is 3. The average molecular weight is 406 g/mol. The number of rotatable bonds is 2. The van der Waals surface area contributed by atoms with Crippen molar-refractivity contribution in [3.8, 4) is 0 Å². The van der Waals surface area contributed by atoms with Crippen molar-refractivity contribution in [2.75, 3.05) is 13.2 Å². The van der Waals surface area contributed by atoms with Gasteiger partial charge in [-0.15, -0.1) is 0 Å². The van der Waals surface area contributed by atoms with Gasteiger partial charge in [0.25, 0.3) is 11.5 Å². The lowest BCUT2D eigenvalue weighted by Crippen LogP contribution is -2.35. The van der Waals surface area contributed by atoms with E-state index in [0.717, 1.165) is 68.6 Å². The molecule has 3 aliphatic heterocycles. The van der Waals surface area contributed by atoms with Crippen molar-refractivity contribution in [3.63, 3.8) is 0 Å². The van der Waals surface area contributed by atoms with Gasteiger partial charge in [-0.3, -0.25) is 14.0 Å². The van der Waals surface area contributed by atoms with Gasteiger partial charge < -0.3 is 14.6 Å². The normalized spacial score (nSPS) is 24.4. The topological polar surface area (TPSA) is 79.7 Å². The van der Waals surface area contributed by atoms with Gasteiger partial charge in [0.2, 0.25) is 0 Å². The third-order valence-corrected chi connectivity index (χ3v) is 7.36. The smallest absolute Gasteiger partial charge is 0.274 e. The first-order valence-corrected chi connectivity index (χ1v) is 11.1. The first kappa shape index (κ1) is 18.1. The molecule has 30 heavy (non-hydrogen) atoms. The Kier molecular flexibility index (Phi) is 4.03. The Balaban J connectivity index is 1.51. The second kappa shape index (κ2) is 6.67. The summed E-state index contributed by atoms with van der Waals surface area (Å²) in [5, 5.41) is 0. The molecule has 3 aromatic rings. The number of H-pyrrole nitrogens is 1. The summed E-state index contributed by atoms with van der Waals surface area (Å²) in [6.45, 7) is 3.43. The van der Waals surface area contributed by atoms with Crippen LogP contribution in [-0.2, 0) is 4.74 Å². The van der Waals surface area contributed by atoms with E-state index >= 15 is 0 Å². The zero-order valence-corrected chi connectivity index (χ0v) is 17.2. The molecule has 2 bridgehead atoms. The van der Waals surface area contributed by atoms with Gasteiger partial charge in [-0.1, -0.05) is 0 Å². The van der Waals surface area contributed by atoms with Gasteiger partial charge >= 0.3 is 0 Å². The molecule has 1 N–H and O–H groups in total. The maximum Gasteiger partial charge on any atom is 0.274 e. The molecular formula is C23H26N4O3. The van der Waals surface area contributed by atoms with Crippen molar-refractivity contribution in [1.82, 2.24) is 19.3 Å². The first-order valence-electron chi connectivity index (χ1n) is 11.1. The zero-order valence-electron chi connectivity index (χ0n) is 17.2. The minimum absolute atomic E-state index is 0.107. The largest absolute Gasteiger partial charge is 0.381 e. The number of hydrogen-bond acceptors (Lipinski definition) is 4. The van der Waals surface area contributed by atoms with Crippen LogP contribution in [-0.4, -0.2) is 50.5 Å². The van der Waals surface area contributed by atoms with E-state index < -0.39 is 0 Å². The Morgan fingerprint density at radius 3 is 2.47 bits per heavy atom. The van der Waals surface area contributed by atoms with Gasteiger partial charge in [0, 0.05) is 36.8 Å². The minimum Gasteiger partial charge on any atom is -0.381 e. The van der Waals surface area contributed by atoms with Crippen LogP contribution in [0.5, 0.6) is 0 Å². The maximum absolute atomic E-state index is 13.4. The lowest BCUT2D eigenvalue weighted by atomic mass is 9.99. The van der Waals surface area contributed by atoms with Crippen molar-refractivity contribution in [3.05, 3.63) is 45.6 Å². The number of carbonyl (C=O) groups excluding carboxylic acids is 1. The number of amides is 1.